The van der Waals surface area contributed by atoms with Crippen LogP contribution in [0.4, 0.5) is 4.39 Å². The summed E-state index contributed by atoms with van der Waals surface area (Å²) >= 11 is 3.45. The first-order valence-electron chi connectivity index (χ1n) is 5.81. The largest absolute Gasteiger partial charge is 0.353 e. The van der Waals surface area contributed by atoms with Crippen molar-refractivity contribution in [3.63, 3.8) is 0 Å². The maximum Gasteiger partial charge on any atom is 0.158 e. The number of hydrogen-bond acceptors (Lipinski definition) is 2. The van der Waals surface area contributed by atoms with Gasteiger partial charge < -0.3 is 9.47 Å². The van der Waals surface area contributed by atoms with E-state index in [1.807, 2.05) is 0 Å². The van der Waals surface area contributed by atoms with E-state index in [0.717, 1.165) is 38.7 Å². The van der Waals surface area contributed by atoms with Crippen molar-refractivity contribution in [2.75, 3.05) is 6.61 Å². The Labute approximate surface area is 98.6 Å². The van der Waals surface area contributed by atoms with Gasteiger partial charge in [-0.1, -0.05) is 15.9 Å². The Bertz CT molecular complexity index is 197. The van der Waals surface area contributed by atoms with Gasteiger partial charge in [-0.15, -0.1) is 0 Å². The van der Waals surface area contributed by atoms with Crippen LogP contribution in [0.3, 0.4) is 0 Å². The van der Waals surface area contributed by atoms with Gasteiger partial charge in [-0.25, -0.2) is 4.39 Å². The lowest BCUT2D eigenvalue weighted by atomic mass is 9.95. The molecule has 1 saturated carbocycles. The molecule has 88 valence electrons. The highest BCUT2D eigenvalue weighted by molar-refractivity contribution is 9.09. The Kier molecular flexibility index (Phi) is 4.40. The Morgan fingerprint density at radius 1 is 1.20 bits per heavy atom. The molecular formula is C11H18BrFO2. The van der Waals surface area contributed by atoms with E-state index in [1.54, 1.807) is 0 Å². The summed E-state index contributed by atoms with van der Waals surface area (Å²) in [4.78, 5) is 0.319. The Balaban J connectivity index is 1.77. The van der Waals surface area contributed by atoms with Gasteiger partial charge in [0.15, 0.2) is 6.29 Å². The van der Waals surface area contributed by atoms with E-state index in [-0.39, 0.29) is 12.4 Å². The monoisotopic (exact) mass is 280 g/mol. The molecule has 0 aromatic rings. The first-order chi connectivity index (χ1) is 7.25. The van der Waals surface area contributed by atoms with E-state index in [9.17, 15) is 4.39 Å². The smallest absolute Gasteiger partial charge is 0.158 e. The van der Waals surface area contributed by atoms with Gasteiger partial charge in [0, 0.05) is 11.4 Å². The number of halogens is 2. The Hall–Kier alpha value is 0.330. The number of hydrogen-bond donors (Lipinski definition) is 0. The minimum atomic E-state index is -0.839. The lowest BCUT2D eigenvalue weighted by molar-refractivity contribution is -0.204. The molecule has 15 heavy (non-hydrogen) atoms. The van der Waals surface area contributed by atoms with Gasteiger partial charge in [-0.2, -0.15) is 0 Å². The molecule has 2 rings (SSSR count). The molecule has 2 nitrogen and oxygen atoms in total. The van der Waals surface area contributed by atoms with Crippen molar-refractivity contribution in [1.82, 2.24) is 0 Å². The fourth-order valence-electron chi connectivity index (χ4n) is 2.21. The molecule has 1 heterocycles. The van der Waals surface area contributed by atoms with E-state index in [0.29, 0.717) is 11.2 Å². The molecule has 2 fully saturated rings. The van der Waals surface area contributed by atoms with E-state index in [1.165, 1.54) is 0 Å². The van der Waals surface area contributed by atoms with Crippen molar-refractivity contribution in [3.8, 4) is 0 Å². The summed E-state index contributed by atoms with van der Waals surface area (Å²) in [6.07, 6.45) is 4.28. The van der Waals surface area contributed by atoms with Crippen LogP contribution in [0.2, 0.25) is 0 Å². The minimum Gasteiger partial charge on any atom is -0.353 e. The molecule has 4 unspecified atom stereocenters. The molecule has 0 aromatic heterocycles. The van der Waals surface area contributed by atoms with Gasteiger partial charge in [-0.05, 0) is 38.5 Å². The molecule has 0 bridgehead atoms. The summed E-state index contributed by atoms with van der Waals surface area (Å²) in [7, 11) is 0. The van der Waals surface area contributed by atoms with Crippen LogP contribution >= 0.6 is 15.9 Å². The zero-order valence-corrected chi connectivity index (χ0v) is 10.4. The first-order valence-corrected chi connectivity index (χ1v) is 6.72. The average molecular weight is 281 g/mol. The second kappa shape index (κ2) is 5.60. The van der Waals surface area contributed by atoms with Gasteiger partial charge in [0.05, 0.1) is 6.10 Å². The van der Waals surface area contributed by atoms with Crippen LogP contribution in [-0.2, 0) is 9.47 Å². The maximum atomic E-state index is 13.6. The van der Waals surface area contributed by atoms with Crippen LogP contribution in [0.1, 0.15) is 38.5 Å². The van der Waals surface area contributed by atoms with Gasteiger partial charge in [0.25, 0.3) is 0 Å². The van der Waals surface area contributed by atoms with Crippen molar-refractivity contribution in [2.45, 2.75) is 61.9 Å². The summed E-state index contributed by atoms with van der Waals surface area (Å²) in [6.45, 7) is 0.759. The molecule has 4 atom stereocenters. The predicted octanol–water partition coefficient (Wildman–Crippen LogP) is 3.18. The molecule has 0 N–H and O–H groups in total. The summed E-state index contributed by atoms with van der Waals surface area (Å²) in [6, 6.07) is 0. The number of ether oxygens (including phenoxy) is 2. The molecule has 4 heteroatoms. The molecule has 0 radical (unpaired) electrons. The fraction of sp³-hybridized carbons (Fsp3) is 1.00. The molecular weight excluding hydrogens is 263 g/mol. The second-order valence-corrected chi connectivity index (χ2v) is 5.69. The minimum absolute atomic E-state index is 0.158. The lowest BCUT2D eigenvalue weighted by Gasteiger charge is -2.33. The molecule has 0 spiro atoms. The molecule has 2 aliphatic rings. The first kappa shape index (κ1) is 11.8. The van der Waals surface area contributed by atoms with Crippen molar-refractivity contribution < 1.29 is 13.9 Å². The van der Waals surface area contributed by atoms with E-state index >= 15 is 0 Å². The molecule has 0 amide bonds. The summed E-state index contributed by atoms with van der Waals surface area (Å²) < 4.78 is 24.8. The summed E-state index contributed by atoms with van der Waals surface area (Å²) in [5, 5.41) is 0. The standard InChI is InChI=1S/C11H18BrFO2/c12-8-4-5-10(9(13)7-8)15-11-3-1-2-6-14-11/h8-11H,1-7H2. The van der Waals surface area contributed by atoms with Gasteiger partial charge >= 0.3 is 0 Å². The number of rotatable bonds is 2. The van der Waals surface area contributed by atoms with Crippen LogP contribution in [-0.4, -0.2) is 30.0 Å². The zero-order valence-electron chi connectivity index (χ0n) is 8.83. The topological polar surface area (TPSA) is 18.5 Å². The molecule has 1 saturated heterocycles. The third-order valence-corrected chi connectivity index (χ3v) is 3.94. The SMILES string of the molecule is FC1CC(Br)CCC1OC1CCCCO1. The van der Waals surface area contributed by atoms with E-state index in [4.69, 9.17) is 9.47 Å². The highest BCUT2D eigenvalue weighted by Gasteiger charge is 2.32. The summed E-state index contributed by atoms with van der Waals surface area (Å²) in [5.41, 5.74) is 0. The molecule has 0 aromatic carbocycles. The van der Waals surface area contributed by atoms with Crippen LogP contribution in [0.15, 0.2) is 0 Å². The highest BCUT2D eigenvalue weighted by atomic mass is 79.9. The fourth-order valence-corrected chi connectivity index (χ4v) is 2.83. The quantitative estimate of drug-likeness (QED) is 0.724. The van der Waals surface area contributed by atoms with E-state index < -0.39 is 6.17 Å². The average Bonchev–Trinajstić information content (AvgIpc) is 2.24. The Morgan fingerprint density at radius 2 is 2.07 bits per heavy atom. The predicted molar refractivity (Wildman–Crippen MR) is 59.9 cm³/mol. The lowest BCUT2D eigenvalue weighted by Crippen LogP contribution is -2.38. The number of alkyl halides is 2. The highest BCUT2D eigenvalue weighted by Crippen LogP contribution is 2.30. The van der Waals surface area contributed by atoms with Crippen molar-refractivity contribution in [3.05, 3.63) is 0 Å². The third kappa shape index (κ3) is 3.40. The summed E-state index contributed by atoms with van der Waals surface area (Å²) in [5.74, 6) is 0. The van der Waals surface area contributed by atoms with Gasteiger partial charge in [0.2, 0.25) is 0 Å². The van der Waals surface area contributed by atoms with Crippen LogP contribution < -0.4 is 0 Å². The normalized spacial score (nSPS) is 42.8. The van der Waals surface area contributed by atoms with Crippen LogP contribution in [0, 0.1) is 0 Å². The van der Waals surface area contributed by atoms with Gasteiger partial charge in [-0.3, -0.25) is 0 Å². The Morgan fingerprint density at radius 3 is 2.73 bits per heavy atom. The second-order valence-electron chi connectivity index (χ2n) is 4.40. The molecule has 1 aliphatic carbocycles. The van der Waals surface area contributed by atoms with Crippen LogP contribution in [0.5, 0.6) is 0 Å². The van der Waals surface area contributed by atoms with Crippen molar-refractivity contribution in [1.29, 1.82) is 0 Å². The van der Waals surface area contributed by atoms with E-state index in [2.05, 4.69) is 15.9 Å². The molecule has 1 aliphatic heterocycles. The van der Waals surface area contributed by atoms with Crippen LogP contribution in [0.25, 0.3) is 0 Å². The third-order valence-electron chi connectivity index (χ3n) is 3.11. The zero-order chi connectivity index (χ0) is 10.7. The van der Waals surface area contributed by atoms with Crippen molar-refractivity contribution >= 4 is 15.9 Å². The van der Waals surface area contributed by atoms with Gasteiger partial charge in [0.1, 0.15) is 6.17 Å². The maximum absolute atomic E-state index is 13.6. The van der Waals surface area contributed by atoms with Crippen molar-refractivity contribution in [2.24, 2.45) is 0 Å².